The number of ether oxygens (including phenoxy) is 1. The molecule has 0 fully saturated rings. The van der Waals surface area contributed by atoms with E-state index in [4.69, 9.17) is 0 Å². The van der Waals surface area contributed by atoms with Crippen LogP contribution in [-0.2, 0) is 21.3 Å². The lowest BCUT2D eigenvalue weighted by Crippen LogP contribution is -2.30. The predicted molar refractivity (Wildman–Crippen MR) is 71.6 cm³/mol. The minimum Gasteiger partial charge on any atom is -0.440 e. The number of hydrogen-bond acceptors (Lipinski definition) is 4. The highest BCUT2D eigenvalue weighted by atomic mass is 32.2. The molecule has 0 aromatic heterocycles. The molecule has 0 saturated heterocycles. The van der Waals surface area contributed by atoms with Crippen molar-refractivity contribution in [1.29, 1.82) is 0 Å². The molecule has 124 valence electrons. The van der Waals surface area contributed by atoms with Crippen molar-refractivity contribution in [3.8, 4) is 0 Å². The smallest absolute Gasteiger partial charge is 0.422 e. The Labute approximate surface area is 125 Å². The van der Waals surface area contributed by atoms with Crippen molar-refractivity contribution in [2.45, 2.75) is 17.6 Å². The van der Waals surface area contributed by atoms with E-state index in [-0.39, 0.29) is 17.0 Å². The summed E-state index contributed by atoms with van der Waals surface area (Å²) in [5.74, 6) is 0. The van der Waals surface area contributed by atoms with Crippen molar-refractivity contribution in [1.82, 2.24) is 9.62 Å². The van der Waals surface area contributed by atoms with Crippen molar-refractivity contribution in [3.05, 3.63) is 29.8 Å². The maximum absolute atomic E-state index is 12.1. The molecular formula is C12H15F3N2O4S. The highest BCUT2D eigenvalue weighted by Gasteiger charge is 2.29. The van der Waals surface area contributed by atoms with E-state index in [1.807, 2.05) is 0 Å². The third-order valence-electron chi connectivity index (χ3n) is 2.52. The van der Waals surface area contributed by atoms with Gasteiger partial charge in [-0.15, -0.1) is 0 Å². The summed E-state index contributed by atoms with van der Waals surface area (Å²) in [5, 5.41) is 2.08. The fraction of sp³-hybridized carbons (Fsp3) is 0.417. The summed E-state index contributed by atoms with van der Waals surface area (Å²) < 4.78 is 64.8. The summed E-state index contributed by atoms with van der Waals surface area (Å²) in [6.45, 7) is -1.99. The van der Waals surface area contributed by atoms with Crippen molar-refractivity contribution in [2.75, 3.05) is 20.7 Å². The van der Waals surface area contributed by atoms with Crippen molar-refractivity contribution in [3.63, 3.8) is 0 Å². The Morgan fingerprint density at radius 1 is 1.27 bits per heavy atom. The predicted octanol–water partition coefficient (Wildman–Crippen LogP) is 1.73. The van der Waals surface area contributed by atoms with Crippen LogP contribution >= 0.6 is 0 Å². The monoisotopic (exact) mass is 340 g/mol. The molecule has 6 nitrogen and oxygen atoms in total. The van der Waals surface area contributed by atoms with E-state index in [0.29, 0.717) is 0 Å². The SMILES string of the molecule is CN(C)S(=O)(=O)c1ccccc1CNC(=O)OCC(F)(F)F. The Hall–Kier alpha value is -1.81. The zero-order chi connectivity index (χ0) is 17.0. The Morgan fingerprint density at radius 3 is 2.41 bits per heavy atom. The molecule has 0 aliphatic rings. The molecule has 0 unspecified atom stereocenters. The van der Waals surface area contributed by atoms with Crippen LogP contribution in [0.15, 0.2) is 29.2 Å². The second-order valence-corrected chi connectivity index (χ2v) is 6.56. The number of nitrogens with one attached hydrogen (secondary N) is 1. The maximum atomic E-state index is 12.1. The number of hydrogen-bond donors (Lipinski definition) is 1. The normalized spacial score (nSPS) is 12.3. The number of alkyl halides is 3. The van der Waals surface area contributed by atoms with Crippen molar-refractivity contribution in [2.24, 2.45) is 0 Å². The highest BCUT2D eigenvalue weighted by Crippen LogP contribution is 2.18. The minimum absolute atomic E-state index is 0.0453. The van der Waals surface area contributed by atoms with Gasteiger partial charge >= 0.3 is 12.3 Å². The zero-order valence-corrected chi connectivity index (χ0v) is 12.7. The summed E-state index contributed by atoms with van der Waals surface area (Å²) in [5.41, 5.74) is 0.236. The second-order valence-electron chi connectivity index (χ2n) is 4.44. The van der Waals surface area contributed by atoms with Gasteiger partial charge in [-0.2, -0.15) is 13.2 Å². The van der Waals surface area contributed by atoms with Gasteiger partial charge in [0.05, 0.1) is 4.90 Å². The van der Waals surface area contributed by atoms with E-state index in [9.17, 15) is 26.4 Å². The molecule has 10 heteroatoms. The first-order valence-corrected chi connectivity index (χ1v) is 7.46. The summed E-state index contributed by atoms with van der Waals surface area (Å²) in [4.78, 5) is 11.1. The van der Waals surface area contributed by atoms with Gasteiger partial charge in [0.2, 0.25) is 10.0 Å². The van der Waals surface area contributed by atoms with Gasteiger partial charge in [0, 0.05) is 20.6 Å². The number of nitrogens with zero attached hydrogens (tertiary/aromatic N) is 1. The molecule has 1 aromatic rings. The van der Waals surface area contributed by atoms with E-state index >= 15 is 0 Å². The highest BCUT2D eigenvalue weighted by molar-refractivity contribution is 7.89. The quantitative estimate of drug-likeness (QED) is 0.886. The molecular weight excluding hydrogens is 325 g/mol. The van der Waals surface area contributed by atoms with E-state index in [2.05, 4.69) is 10.1 Å². The summed E-state index contributed by atoms with van der Waals surface area (Å²) in [6, 6.07) is 5.84. The number of carbonyl (C=O) groups excluding carboxylic acids is 1. The van der Waals surface area contributed by atoms with Gasteiger partial charge in [0.25, 0.3) is 0 Å². The van der Waals surface area contributed by atoms with Gasteiger partial charge in [0.15, 0.2) is 6.61 Å². The molecule has 0 spiro atoms. The maximum Gasteiger partial charge on any atom is 0.422 e. The first-order chi connectivity index (χ1) is 10.0. The molecule has 0 saturated carbocycles. The molecule has 0 radical (unpaired) electrons. The summed E-state index contributed by atoms with van der Waals surface area (Å²) >= 11 is 0. The van der Waals surface area contributed by atoms with Crippen LogP contribution in [0.2, 0.25) is 0 Å². The van der Waals surface area contributed by atoms with Crippen LogP contribution in [0.3, 0.4) is 0 Å². The molecule has 0 aliphatic heterocycles. The summed E-state index contributed by atoms with van der Waals surface area (Å²) in [7, 11) is -1.04. The number of benzene rings is 1. The third-order valence-corrected chi connectivity index (χ3v) is 4.44. The van der Waals surface area contributed by atoms with Crippen LogP contribution in [-0.4, -0.2) is 45.7 Å². The lowest BCUT2D eigenvalue weighted by molar-refractivity contribution is -0.160. The number of rotatable bonds is 5. The van der Waals surface area contributed by atoms with E-state index in [1.54, 1.807) is 6.07 Å². The topological polar surface area (TPSA) is 75.7 Å². The lowest BCUT2D eigenvalue weighted by Gasteiger charge is -2.15. The van der Waals surface area contributed by atoms with Crippen molar-refractivity contribution < 1.29 is 31.1 Å². The number of alkyl carbamates (subject to hydrolysis) is 1. The molecule has 22 heavy (non-hydrogen) atoms. The Morgan fingerprint density at radius 2 is 1.86 bits per heavy atom. The van der Waals surface area contributed by atoms with Crippen LogP contribution in [0.1, 0.15) is 5.56 Å². The molecule has 1 rings (SSSR count). The first-order valence-electron chi connectivity index (χ1n) is 6.02. The van der Waals surface area contributed by atoms with Crippen LogP contribution in [0.4, 0.5) is 18.0 Å². The number of amides is 1. The average Bonchev–Trinajstić information content (AvgIpc) is 2.42. The molecule has 0 bridgehead atoms. The molecule has 0 aliphatic carbocycles. The van der Waals surface area contributed by atoms with Gasteiger partial charge in [-0.25, -0.2) is 17.5 Å². The Balaban J connectivity index is 2.78. The Bertz CT molecular complexity index is 630. The van der Waals surface area contributed by atoms with Crippen LogP contribution in [0.5, 0.6) is 0 Å². The Kier molecular flexibility index (Phi) is 5.78. The van der Waals surface area contributed by atoms with Gasteiger partial charge in [0.1, 0.15) is 0 Å². The van der Waals surface area contributed by atoms with Gasteiger partial charge in [-0.3, -0.25) is 0 Å². The van der Waals surface area contributed by atoms with Gasteiger partial charge in [-0.05, 0) is 11.6 Å². The molecule has 1 N–H and O–H groups in total. The molecule has 0 atom stereocenters. The number of sulfonamides is 1. The van der Waals surface area contributed by atoms with Crippen LogP contribution in [0.25, 0.3) is 0 Å². The fourth-order valence-electron chi connectivity index (χ4n) is 1.46. The largest absolute Gasteiger partial charge is 0.440 e. The van der Waals surface area contributed by atoms with E-state index in [1.165, 1.54) is 32.3 Å². The van der Waals surface area contributed by atoms with Crippen molar-refractivity contribution >= 4 is 16.1 Å². The van der Waals surface area contributed by atoms with Crippen LogP contribution in [0, 0.1) is 0 Å². The molecule has 0 heterocycles. The standard InChI is InChI=1S/C12H15F3N2O4S/c1-17(2)22(19,20)10-6-4-3-5-9(10)7-16-11(18)21-8-12(13,14)15/h3-6H,7-8H2,1-2H3,(H,16,18). The average molecular weight is 340 g/mol. The minimum atomic E-state index is -4.62. The fourth-order valence-corrected chi connectivity index (χ4v) is 2.58. The van der Waals surface area contributed by atoms with E-state index in [0.717, 1.165) is 4.31 Å². The second kappa shape index (κ2) is 6.97. The van der Waals surface area contributed by atoms with Gasteiger partial charge < -0.3 is 10.1 Å². The first kappa shape index (κ1) is 18.2. The van der Waals surface area contributed by atoms with Crippen LogP contribution < -0.4 is 5.32 Å². The molecule has 1 aromatic carbocycles. The molecule has 1 amide bonds. The number of halogens is 3. The van der Waals surface area contributed by atoms with Gasteiger partial charge in [-0.1, -0.05) is 18.2 Å². The number of carbonyl (C=O) groups is 1. The third kappa shape index (κ3) is 5.19. The zero-order valence-electron chi connectivity index (χ0n) is 11.8. The van der Waals surface area contributed by atoms with E-state index < -0.39 is 28.9 Å². The summed E-state index contributed by atoms with van der Waals surface area (Å²) in [6.07, 6.45) is -5.90. The lowest BCUT2D eigenvalue weighted by atomic mass is 10.2.